The van der Waals surface area contributed by atoms with Crippen LogP contribution in [0.2, 0.25) is 0 Å². The third-order valence-corrected chi connectivity index (χ3v) is 4.19. The Balaban J connectivity index is 2.03. The third kappa shape index (κ3) is 4.17. The molecule has 21 heavy (non-hydrogen) atoms. The highest BCUT2D eigenvalue weighted by molar-refractivity contribution is 5.74. The molecule has 2 rings (SSSR count). The smallest absolute Gasteiger partial charge is 0.315 e. The number of rotatable bonds is 6. The summed E-state index contributed by atoms with van der Waals surface area (Å²) in [5.41, 5.74) is 0.924. The van der Waals surface area contributed by atoms with Gasteiger partial charge in [0.05, 0.1) is 18.7 Å². The number of amides is 2. The lowest BCUT2D eigenvalue weighted by atomic mass is 9.77. The van der Waals surface area contributed by atoms with E-state index in [9.17, 15) is 9.18 Å². The fourth-order valence-corrected chi connectivity index (χ4v) is 2.56. The average molecular weight is 294 g/mol. The van der Waals surface area contributed by atoms with Gasteiger partial charge in [-0.05, 0) is 42.9 Å². The summed E-state index contributed by atoms with van der Waals surface area (Å²) >= 11 is 0. The predicted molar refractivity (Wildman–Crippen MR) is 79.3 cm³/mol. The molecule has 2 unspecified atom stereocenters. The number of benzene rings is 1. The number of carbonyl (C=O) groups is 1. The molecule has 2 amide bonds. The van der Waals surface area contributed by atoms with Gasteiger partial charge in [-0.25, -0.2) is 9.18 Å². The van der Waals surface area contributed by atoms with Crippen molar-refractivity contribution in [1.29, 1.82) is 0 Å². The molecule has 4 nitrogen and oxygen atoms in total. The summed E-state index contributed by atoms with van der Waals surface area (Å²) in [6, 6.07) is 5.67. The molecule has 0 saturated heterocycles. The van der Waals surface area contributed by atoms with Gasteiger partial charge in [-0.15, -0.1) is 0 Å². The van der Waals surface area contributed by atoms with Gasteiger partial charge >= 0.3 is 6.03 Å². The summed E-state index contributed by atoms with van der Waals surface area (Å²) in [7, 11) is 0. The molecule has 1 aliphatic rings. The van der Waals surface area contributed by atoms with Crippen LogP contribution in [0.5, 0.6) is 0 Å². The molecule has 116 valence electrons. The first-order valence-electron chi connectivity index (χ1n) is 7.57. The fourth-order valence-electron chi connectivity index (χ4n) is 2.56. The lowest BCUT2D eigenvalue weighted by molar-refractivity contribution is 0.194. The number of aliphatic hydroxyl groups is 1. The lowest BCUT2D eigenvalue weighted by Gasteiger charge is -2.35. The van der Waals surface area contributed by atoms with E-state index in [0.717, 1.165) is 18.4 Å². The summed E-state index contributed by atoms with van der Waals surface area (Å²) in [6.45, 7) is 1.83. The molecule has 1 saturated carbocycles. The third-order valence-electron chi connectivity index (χ3n) is 4.19. The minimum Gasteiger partial charge on any atom is -0.394 e. The number of nitrogens with one attached hydrogen (secondary N) is 2. The Morgan fingerprint density at radius 1 is 1.33 bits per heavy atom. The van der Waals surface area contributed by atoms with Crippen LogP contribution >= 0.6 is 0 Å². The number of carbonyl (C=O) groups excluding carboxylic acids is 1. The normalized spacial score (nSPS) is 17.7. The van der Waals surface area contributed by atoms with Crippen LogP contribution < -0.4 is 10.6 Å². The van der Waals surface area contributed by atoms with Crippen LogP contribution in [0.3, 0.4) is 0 Å². The molecule has 1 fully saturated rings. The van der Waals surface area contributed by atoms with Gasteiger partial charge in [-0.1, -0.05) is 25.5 Å². The highest BCUT2D eigenvalue weighted by Crippen LogP contribution is 2.37. The zero-order valence-electron chi connectivity index (χ0n) is 12.3. The Labute approximate surface area is 124 Å². The minimum atomic E-state index is -0.280. The van der Waals surface area contributed by atoms with Crippen LogP contribution in [0, 0.1) is 11.7 Å². The molecule has 0 radical (unpaired) electrons. The number of halogens is 1. The standard InChI is InChI=1S/C16H23FN2O2/c1-2-14(10-20)18-16(21)19-15(11-4-3-5-11)12-6-8-13(17)9-7-12/h6-9,11,14-15,20H,2-5,10H2,1H3,(H2,18,19,21). The molecule has 3 N–H and O–H groups in total. The molecule has 0 heterocycles. The Morgan fingerprint density at radius 3 is 2.48 bits per heavy atom. The van der Waals surface area contributed by atoms with Crippen molar-refractivity contribution in [2.24, 2.45) is 5.92 Å². The van der Waals surface area contributed by atoms with E-state index in [1.54, 1.807) is 12.1 Å². The van der Waals surface area contributed by atoms with E-state index in [4.69, 9.17) is 5.11 Å². The van der Waals surface area contributed by atoms with Gasteiger partial charge < -0.3 is 15.7 Å². The van der Waals surface area contributed by atoms with Crippen LogP contribution in [-0.2, 0) is 0 Å². The summed E-state index contributed by atoms with van der Waals surface area (Å²) in [5, 5.41) is 14.9. The molecule has 0 bridgehead atoms. The van der Waals surface area contributed by atoms with E-state index in [0.29, 0.717) is 12.3 Å². The minimum absolute atomic E-state index is 0.0748. The van der Waals surface area contributed by atoms with Gasteiger partial charge in [-0.2, -0.15) is 0 Å². The summed E-state index contributed by atoms with van der Waals surface area (Å²) < 4.78 is 13.0. The Hall–Kier alpha value is -1.62. The average Bonchev–Trinajstić information content (AvgIpc) is 2.43. The van der Waals surface area contributed by atoms with Crippen molar-refractivity contribution in [1.82, 2.24) is 10.6 Å². The zero-order chi connectivity index (χ0) is 15.2. The van der Waals surface area contributed by atoms with Gasteiger partial charge in [0.15, 0.2) is 0 Å². The van der Waals surface area contributed by atoms with Gasteiger partial charge in [0.25, 0.3) is 0 Å². The van der Waals surface area contributed by atoms with E-state index in [1.807, 2.05) is 6.92 Å². The maximum atomic E-state index is 13.0. The van der Waals surface area contributed by atoms with Crippen molar-refractivity contribution < 1.29 is 14.3 Å². The van der Waals surface area contributed by atoms with Gasteiger partial charge in [0.2, 0.25) is 0 Å². The second-order valence-corrected chi connectivity index (χ2v) is 5.63. The maximum absolute atomic E-state index is 13.0. The maximum Gasteiger partial charge on any atom is 0.315 e. The van der Waals surface area contributed by atoms with Crippen molar-refractivity contribution in [3.63, 3.8) is 0 Å². The number of aliphatic hydroxyl groups excluding tert-OH is 1. The first kappa shape index (κ1) is 15.8. The largest absolute Gasteiger partial charge is 0.394 e. The molecule has 2 atom stereocenters. The molecule has 1 aliphatic carbocycles. The monoisotopic (exact) mass is 294 g/mol. The Kier molecular flexibility index (Phi) is 5.56. The van der Waals surface area contributed by atoms with Crippen molar-refractivity contribution >= 4 is 6.03 Å². The number of hydrogen-bond acceptors (Lipinski definition) is 2. The molecule has 0 aliphatic heterocycles. The van der Waals surface area contributed by atoms with Crippen LogP contribution in [0.4, 0.5) is 9.18 Å². The first-order chi connectivity index (χ1) is 10.1. The molecule has 0 aromatic heterocycles. The van der Waals surface area contributed by atoms with E-state index >= 15 is 0 Å². The number of urea groups is 1. The Bertz CT molecular complexity index is 456. The molecule has 5 heteroatoms. The molecule has 1 aromatic carbocycles. The van der Waals surface area contributed by atoms with Crippen molar-refractivity contribution in [3.8, 4) is 0 Å². The summed E-state index contributed by atoms with van der Waals surface area (Å²) in [4.78, 5) is 12.1. The number of hydrogen-bond donors (Lipinski definition) is 3. The highest BCUT2D eigenvalue weighted by atomic mass is 19.1. The topological polar surface area (TPSA) is 61.4 Å². The molecular weight excluding hydrogens is 271 g/mol. The first-order valence-corrected chi connectivity index (χ1v) is 7.57. The van der Waals surface area contributed by atoms with E-state index < -0.39 is 0 Å². The lowest BCUT2D eigenvalue weighted by Crippen LogP contribution is -2.46. The second-order valence-electron chi connectivity index (χ2n) is 5.63. The van der Waals surface area contributed by atoms with Crippen molar-refractivity contribution in [2.45, 2.75) is 44.7 Å². The summed E-state index contributed by atoms with van der Waals surface area (Å²) in [6.07, 6.45) is 3.98. The summed E-state index contributed by atoms with van der Waals surface area (Å²) in [5.74, 6) is 0.123. The van der Waals surface area contributed by atoms with E-state index in [2.05, 4.69) is 10.6 Å². The zero-order valence-corrected chi connectivity index (χ0v) is 12.3. The van der Waals surface area contributed by atoms with Gasteiger partial charge in [-0.3, -0.25) is 0 Å². The van der Waals surface area contributed by atoms with Gasteiger partial charge in [0.1, 0.15) is 5.82 Å². The second kappa shape index (κ2) is 7.41. The fraction of sp³-hybridized carbons (Fsp3) is 0.562. The quantitative estimate of drug-likeness (QED) is 0.755. The van der Waals surface area contributed by atoms with E-state index in [1.165, 1.54) is 18.6 Å². The van der Waals surface area contributed by atoms with Gasteiger partial charge in [0, 0.05) is 0 Å². The molecule has 1 aromatic rings. The van der Waals surface area contributed by atoms with Crippen molar-refractivity contribution in [2.75, 3.05) is 6.61 Å². The van der Waals surface area contributed by atoms with Crippen LogP contribution in [0.25, 0.3) is 0 Å². The molecule has 0 spiro atoms. The predicted octanol–water partition coefficient (Wildman–Crippen LogP) is 2.74. The van der Waals surface area contributed by atoms with Crippen LogP contribution in [-0.4, -0.2) is 23.8 Å². The molecular formula is C16H23FN2O2. The SMILES string of the molecule is CCC(CO)NC(=O)NC(c1ccc(F)cc1)C1CCC1. The van der Waals surface area contributed by atoms with Crippen LogP contribution in [0.1, 0.15) is 44.2 Å². The van der Waals surface area contributed by atoms with Crippen molar-refractivity contribution in [3.05, 3.63) is 35.6 Å². The highest BCUT2D eigenvalue weighted by Gasteiger charge is 2.30. The van der Waals surface area contributed by atoms with Crippen LogP contribution in [0.15, 0.2) is 24.3 Å². The van der Waals surface area contributed by atoms with E-state index in [-0.39, 0.29) is 30.5 Å². The Morgan fingerprint density at radius 2 is 2.00 bits per heavy atom.